The first kappa shape index (κ1) is 12.0. The van der Waals surface area contributed by atoms with E-state index in [1.165, 1.54) is 18.4 Å². The van der Waals surface area contributed by atoms with E-state index >= 15 is 0 Å². The third kappa shape index (κ3) is 2.25. The van der Waals surface area contributed by atoms with Crippen molar-refractivity contribution in [3.05, 3.63) is 29.0 Å². The minimum absolute atomic E-state index is 0.473. The maximum atomic E-state index is 6.04. The van der Waals surface area contributed by atoms with Crippen molar-refractivity contribution in [2.75, 3.05) is 0 Å². The molecule has 1 heterocycles. The van der Waals surface area contributed by atoms with Gasteiger partial charge in [0.2, 0.25) is 0 Å². The molecule has 0 unspecified atom stereocenters. The lowest BCUT2D eigenvalue weighted by Crippen LogP contribution is -2.23. The van der Waals surface area contributed by atoms with Crippen LogP contribution in [0.1, 0.15) is 38.6 Å². The minimum atomic E-state index is 0.473. The zero-order chi connectivity index (χ0) is 12.7. The third-order valence-corrected chi connectivity index (χ3v) is 3.54. The first-order valence-electron chi connectivity index (χ1n) is 6.55. The van der Waals surface area contributed by atoms with Crippen LogP contribution in [0.4, 0.5) is 0 Å². The summed E-state index contributed by atoms with van der Waals surface area (Å²) in [6.45, 7) is 5.13. The lowest BCUT2D eigenvalue weighted by atomic mass is 10.3. The number of halogens is 1. The van der Waals surface area contributed by atoms with E-state index in [1.807, 2.05) is 12.1 Å². The lowest BCUT2D eigenvalue weighted by molar-refractivity contribution is 0.552. The van der Waals surface area contributed by atoms with Crippen molar-refractivity contribution >= 4 is 22.6 Å². The Morgan fingerprint density at radius 1 is 1.44 bits per heavy atom. The Labute approximate surface area is 112 Å². The average Bonchev–Trinajstić information content (AvgIpc) is 3.08. The van der Waals surface area contributed by atoms with E-state index in [1.54, 1.807) is 0 Å². The van der Waals surface area contributed by atoms with E-state index in [-0.39, 0.29) is 0 Å². The topological polar surface area (TPSA) is 29.9 Å². The van der Waals surface area contributed by atoms with Crippen LogP contribution in [0, 0.1) is 0 Å². The van der Waals surface area contributed by atoms with E-state index in [4.69, 9.17) is 16.6 Å². The molecule has 1 aliphatic carbocycles. The second-order valence-corrected chi connectivity index (χ2v) is 5.73. The van der Waals surface area contributed by atoms with Gasteiger partial charge in [-0.05, 0) is 31.0 Å². The maximum Gasteiger partial charge on any atom is 0.124 e. The van der Waals surface area contributed by atoms with Gasteiger partial charge < -0.3 is 9.88 Å². The molecular formula is C14H18ClN3. The monoisotopic (exact) mass is 263 g/mol. The van der Waals surface area contributed by atoms with Crippen LogP contribution in [0.3, 0.4) is 0 Å². The molecule has 1 aromatic heterocycles. The highest BCUT2D eigenvalue weighted by Crippen LogP contribution is 2.39. The van der Waals surface area contributed by atoms with Gasteiger partial charge in [0.15, 0.2) is 0 Å². The predicted molar refractivity (Wildman–Crippen MR) is 75.0 cm³/mol. The molecule has 4 heteroatoms. The smallest absolute Gasteiger partial charge is 0.124 e. The summed E-state index contributed by atoms with van der Waals surface area (Å²) in [4.78, 5) is 4.72. The SMILES string of the molecule is CC(C)NCc1nc2cc(Cl)ccc2n1C1CC1. The number of hydrogen-bond donors (Lipinski definition) is 1. The molecule has 18 heavy (non-hydrogen) atoms. The van der Waals surface area contributed by atoms with E-state index in [2.05, 4.69) is 29.8 Å². The first-order valence-corrected chi connectivity index (χ1v) is 6.92. The van der Waals surface area contributed by atoms with Gasteiger partial charge in [0.1, 0.15) is 5.82 Å². The molecule has 0 radical (unpaired) electrons. The van der Waals surface area contributed by atoms with Gasteiger partial charge in [0.25, 0.3) is 0 Å². The Kier molecular flexibility index (Phi) is 3.04. The number of fused-ring (bicyclic) bond motifs is 1. The molecule has 3 nitrogen and oxygen atoms in total. The van der Waals surface area contributed by atoms with Gasteiger partial charge in [-0.3, -0.25) is 0 Å². The molecule has 96 valence electrons. The van der Waals surface area contributed by atoms with Crippen LogP contribution in [-0.4, -0.2) is 15.6 Å². The molecule has 1 fully saturated rings. The van der Waals surface area contributed by atoms with Gasteiger partial charge in [0, 0.05) is 17.1 Å². The molecule has 0 atom stereocenters. The number of nitrogens with zero attached hydrogens (tertiary/aromatic N) is 2. The highest BCUT2D eigenvalue weighted by atomic mass is 35.5. The van der Waals surface area contributed by atoms with E-state index in [0.717, 1.165) is 22.9 Å². The first-order chi connectivity index (χ1) is 8.65. The van der Waals surface area contributed by atoms with Crippen molar-refractivity contribution in [3.8, 4) is 0 Å². The van der Waals surface area contributed by atoms with E-state index in [0.29, 0.717) is 12.1 Å². The van der Waals surface area contributed by atoms with Crippen molar-refractivity contribution in [1.82, 2.24) is 14.9 Å². The number of nitrogens with one attached hydrogen (secondary N) is 1. The lowest BCUT2D eigenvalue weighted by Gasteiger charge is -2.10. The van der Waals surface area contributed by atoms with Gasteiger partial charge in [-0.15, -0.1) is 0 Å². The summed E-state index contributed by atoms with van der Waals surface area (Å²) in [5, 5.41) is 4.20. The normalized spacial score (nSPS) is 15.8. The summed E-state index contributed by atoms with van der Waals surface area (Å²) >= 11 is 6.04. The molecule has 0 bridgehead atoms. The summed E-state index contributed by atoms with van der Waals surface area (Å²) in [6, 6.07) is 7.10. The molecule has 3 rings (SSSR count). The number of hydrogen-bond acceptors (Lipinski definition) is 2. The highest BCUT2D eigenvalue weighted by molar-refractivity contribution is 6.31. The van der Waals surface area contributed by atoms with Crippen molar-refractivity contribution in [3.63, 3.8) is 0 Å². The van der Waals surface area contributed by atoms with Crippen LogP contribution in [0.15, 0.2) is 18.2 Å². The van der Waals surface area contributed by atoms with E-state index in [9.17, 15) is 0 Å². The molecular weight excluding hydrogens is 246 g/mol. The Hall–Kier alpha value is -1.06. The van der Waals surface area contributed by atoms with Crippen LogP contribution < -0.4 is 5.32 Å². The Bertz CT molecular complexity index is 570. The fourth-order valence-electron chi connectivity index (χ4n) is 2.28. The Morgan fingerprint density at radius 3 is 2.89 bits per heavy atom. The van der Waals surface area contributed by atoms with Crippen LogP contribution in [0.5, 0.6) is 0 Å². The number of rotatable bonds is 4. The second kappa shape index (κ2) is 4.56. The van der Waals surface area contributed by atoms with Gasteiger partial charge >= 0.3 is 0 Å². The zero-order valence-corrected chi connectivity index (χ0v) is 11.5. The van der Waals surface area contributed by atoms with Crippen molar-refractivity contribution < 1.29 is 0 Å². The fourth-order valence-corrected chi connectivity index (χ4v) is 2.45. The average molecular weight is 264 g/mol. The minimum Gasteiger partial charge on any atom is -0.324 e. The molecule has 0 saturated heterocycles. The van der Waals surface area contributed by atoms with Crippen molar-refractivity contribution in [1.29, 1.82) is 0 Å². The van der Waals surface area contributed by atoms with Crippen LogP contribution in [-0.2, 0) is 6.54 Å². The zero-order valence-electron chi connectivity index (χ0n) is 10.8. The molecule has 2 aromatic rings. The predicted octanol–water partition coefficient (Wildman–Crippen LogP) is 3.52. The molecule has 0 spiro atoms. The van der Waals surface area contributed by atoms with Gasteiger partial charge in [-0.2, -0.15) is 0 Å². The van der Waals surface area contributed by atoms with E-state index < -0.39 is 0 Å². The summed E-state index contributed by atoms with van der Waals surface area (Å²) in [5.41, 5.74) is 2.22. The van der Waals surface area contributed by atoms with Crippen molar-refractivity contribution in [2.45, 2.75) is 45.3 Å². The Morgan fingerprint density at radius 2 is 2.22 bits per heavy atom. The highest BCUT2D eigenvalue weighted by Gasteiger charge is 2.28. The van der Waals surface area contributed by atoms with Crippen LogP contribution >= 0.6 is 11.6 Å². The van der Waals surface area contributed by atoms with Gasteiger partial charge in [0.05, 0.1) is 17.6 Å². The fraction of sp³-hybridized carbons (Fsp3) is 0.500. The van der Waals surface area contributed by atoms with Gasteiger partial charge in [-0.25, -0.2) is 4.98 Å². The molecule has 1 N–H and O–H groups in total. The molecule has 1 saturated carbocycles. The second-order valence-electron chi connectivity index (χ2n) is 5.30. The summed E-state index contributed by atoms with van der Waals surface area (Å²) < 4.78 is 2.38. The molecule has 0 amide bonds. The maximum absolute atomic E-state index is 6.04. The number of aromatic nitrogens is 2. The van der Waals surface area contributed by atoms with Crippen LogP contribution in [0.2, 0.25) is 5.02 Å². The number of benzene rings is 1. The van der Waals surface area contributed by atoms with Crippen LogP contribution in [0.25, 0.3) is 11.0 Å². The molecule has 1 aliphatic rings. The van der Waals surface area contributed by atoms with Crippen molar-refractivity contribution in [2.24, 2.45) is 0 Å². The summed E-state index contributed by atoms with van der Waals surface area (Å²) in [7, 11) is 0. The summed E-state index contributed by atoms with van der Waals surface area (Å²) in [5.74, 6) is 1.13. The molecule has 1 aromatic carbocycles. The van der Waals surface area contributed by atoms with Gasteiger partial charge in [-0.1, -0.05) is 25.4 Å². The molecule has 0 aliphatic heterocycles. The quantitative estimate of drug-likeness (QED) is 0.915. The third-order valence-electron chi connectivity index (χ3n) is 3.31. The largest absolute Gasteiger partial charge is 0.324 e. The standard InChI is InChI=1S/C14H18ClN3/c1-9(2)16-8-14-17-12-7-10(15)3-6-13(12)18(14)11-4-5-11/h3,6-7,9,11,16H,4-5,8H2,1-2H3. The number of imidazole rings is 1. The summed E-state index contributed by atoms with van der Waals surface area (Å²) in [6.07, 6.45) is 2.53. The Balaban J connectivity index is 2.03.